The van der Waals surface area contributed by atoms with Crippen LogP contribution >= 0.6 is 0 Å². The normalized spacial score (nSPS) is 22.0. The lowest BCUT2D eigenvalue weighted by molar-refractivity contribution is 0.0912. The van der Waals surface area contributed by atoms with E-state index in [9.17, 15) is 13.5 Å². The van der Waals surface area contributed by atoms with E-state index in [0.29, 0.717) is 18.7 Å². The Labute approximate surface area is 183 Å². The first-order valence-corrected chi connectivity index (χ1v) is 12.1. The zero-order chi connectivity index (χ0) is 22.0. The third-order valence-electron chi connectivity index (χ3n) is 5.72. The molecule has 0 spiro atoms. The van der Waals surface area contributed by atoms with Gasteiger partial charge in [-0.3, -0.25) is 0 Å². The van der Waals surface area contributed by atoms with Crippen LogP contribution in [0.15, 0.2) is 65.6 Å². The summed E-state index contributed by atoms with van der Waals surface area (Å²) in [4.78, 5) is 5.03. The predicted molar refractivity (Wildman–Crippen MR) is 119 cm³/mol. The fourth-order valence-corrected chi connectivity index (χ4v) is 5.39. The molecule has 31 heavy (non-hydrogen) atoms. The minimum absolute atomic E-state index is 0.000708. The van der Waals surface area contributed by atoms with Crippen LogP contribution in [0, 0.1) is 0 Å². The van der Waals surface area contributed by atoms with E-state index in [2.05, 4.69) is 18.6 Å². The molecule has 4 rings (SSSR count). The summed E-state index contributed by atoms with van der Waals surface area (Å²) in [5.41, 5.74) is 0.945. The quantitative estimate of drug-likeness (QED) is 0.611. The van der Waals surface area contributed by atoms with Crippen LogP contribution in [0.1, 0.15) is 50.9 Å². The van der Waals surface area contributed by atoms with E-state index in [-0.39, 0.29) is 16.9 Å². The number of hydrogen-bond acceptors (Lipinski definition) is 5. The highest BCUT2D eigenvalue weighted by Gasteiger charge is 2.35. The van der Waals surface area contributed by atoms with Crippen molar-refractivity contribution in [3.05, 3.63) is 66.5 Å². The van der Waals surface area contributed by atoms with Gasteiger partial charge in [0.05, 0.1) is 11.0 Å². The van der Waals surface area contributed by atoms with Gasteiger partial charge < -0.3 is 5.11 Å². The van der Waals surface area contributed by atoms with Gasteiger partial charge in [-0.2, -0.15) is 5.10 Å². The van der Waals surface area contributed by atoms with Crippen molar-refractivity contribution >= 4 is 10.0 Å². The van der Waals surface area contributed by atoms with Gasteiger partial charge in [0.25, 0.3) is 0 Å². The second-order valence-corrected chi connectivity index (χ2v) is 10.0. The van der Waals surface area contributed by atoms with E-state index in [1.54, 1.807) is 30.3 Å². The fraction of sp³-hybridized carbons (Fsp3) is 0.391. The Morgan fingerprint density at radius 2 is 1.68 bits per heavy atom. The molecule has 0 amide bonds. The van der Waals surface area contributed by atoms with Crippen molar-refractivity contribution < 1.29 is 13.5 Å². The van der Waals surface area contributed by atoms with Gasteiger partial charge in [0.2, 0.25) is 10.0 Å². The minimum Gasteiger partial charge on any atom is -0.391 e. The lowest BCUT2D eigenvalue weighted by Crippen LogP contribution is -2.46. The molecule has 0 aliphatic heterocycles. The zero-order valence-electron chi connectivity index (χ0n) is 17.7. The van der Waals surface area contributed by atoms with Crippen LogP contribution in [0.25, 0.3) is 11.4 Å². The Morgan fingerprint density at radius 3 is 2.32 bits per heavy atom. The molecule has 2 N–H and O–H groups in total. The molecule has 1 saturated carbocycles. The van der Waals surface area contributed by atoms with E-state index in [0.717, 1.165) is 17.8 Å². The maximum Gasteiger partial charge on any atom is 0.240 e. The summed E-state index contributed by atoms with van der Waals surface area (Å²) in [5.74, 6) is 1.50. The molecule has 3 atom stereocenters. The largest absolute Gasteiger partial charge is 0.391 e. The zero-order valence-corrected chi connectivity index (χ0v) is 18.5. The highest BCUT2D eigenvalue weighted by Crippen LogP contribution is 2.35. The van der Waals surface area contributed by atoms with Gasteiger partial charge in [0.15, 0.2) is 5.82 Å². The van der Waals surface area contributed by atoms with Gasteiger partial charge in [-0.25, -0.2) is 22.8 Å². The fourth-order valence-electron chi connectivity index (χ4n) is 4.09. The van der Waals surface area contributed by atoms with Crippen LogP contribution in [-0.4, -0.2) is 40.4 Å². The van der Waals surface area contributed by atoms with Crippen molar-refractivity contribution in [1.29, 1.82) is 0 Å². The summed E-state index contributed by atoms with van der Waals surface area (Å²) < 4.78 is 30.2. The average molecular weight is 441 g/mol. The van der Waals surface area contributed by atoms with Crippen LogP contribution < -0.4 is 4.72 Å². The molecule has 1 aliphatic rings. The summed E-state index contributed by atoms with van der Waals surface area (Å²) in [7, 11) is -3.72. The molecule has 1 aliphatic carbocycles. The van der Waals surface area contributed by atoms with Gasteiger partial charge >= 0.3 is 0 Å². The third kappa shape index (κ3) is 4.71. The Morgan fingerprint density at radius 1 is 1.03 bits per heavy atom. The number of nitrogens with one attached hydrogen (secondary N) is 1. The Hall–Kier alpha value is -2.55. The second-order valence-electron chi connectivity index (χ2n) is 8.32. The molecule has 0 bridgehead atoms. The van der Waals surface area contributed by atoms with E-state index in [1.165, 1.54) is 0 Å². The molecular formula is C23H28N4O3S. The number of nitrogens with zero attached hydrogens (tertiary/aromatic N) is 3. The molecule has 164 valence electrons. The van der Waals surface area contributed by atoms with Crippen molar-refractivity contribution in [3.8, 4) is 11.4 Å². The molecule has 8 heteroatoms. The highest BCUT2D eigenvalue weighted by molar-refractivity contribution is 7.89. The van der Waals surface area contributed by atoms with E-state index in [1.807, 2.05) is 35.0 Å². The first-order valence-electron chi connectivity index (χ1n) is 10.6. The number of aromatic nitrogens is 3. The van der Waals surface area contributed by atoms with Gasteiger partial charge in [-0.1, -0.05) is 48.5 Å². The van der Waals surface area contributed by atoms with Gasteiger partial charge in [-0.05, 0) is 45.2 Å². The lowest BCUT2D eigenvalue weighted by Gasteiger charge is -2.33. The first kappa shape index (κ1) is 21.7. The standard InChI is InChI=1S/C23H28N4O3S/c1-16(2)27-23(24-22(25-27)17-9-5-3-6-10-17)18-13-14-21(28)20(15-18)26-31(29,30)19-11-7-4-8-12-19/h3-12,16,18,20-21,26,28H,13-15H2,1-2H3/t18-,20+,21+/m0/s1. The molecule has 1 heterocycles. The highest BCUT2D eigenvalue weighted by atomic mass is 32.2. The Kier molecular flexibility index (Phi) is 6.22. The van der Waals surface area contributed by atoms with Crippen molar-refractivity contribution in [3.63, 3.8) is 0 Å². The summed E-state index contributed by atoms with van der Waals surface area (Å²) in [6, 6.07) is 17.6. The van der Waals surface area contributed by atoms with Crippen LogP contribution in [0.2, 0.25) is 0 Å². The molecule has 2 aromatic carbocycles. The summed E-state index contributed by atoms with van der Waals surface area (Å²) in [6.45, 7) is 4.11. The maximum absolute atomic E-state index is 12.8. The molecule has 0 saturated heterocycles. The third-order valence-corrected chi connectivity index (χ3v) is 7.22. The summed E-state index contributed by atoms with van der Waals surface area (Å²) in [6.07, 6.45) is 0.953. The number of benzene rings is 2. The van der Waals surface area contributed by atoms with Gasteiger partial charge in [0.1, 0.15) is 5.82 Å². The van der Waals surface area contributed by atoms with Gasteiger partial charge in [-0.15, -0.1) is 0 Å². The molecule has 1 aromatic heterocycles. The SMILES string of the molecule is CC(C)n1nc(-c2ccccc2)nc1[C@H]1CC[C@@H](O)[C@H](NS(=O)(=O)c2ccccc2)C1. The topological polar surface area (TPSA) is 97.1 Å². The van der Waals surface area contributed by atoms with Crippen LogP contribution in [-0.2, 0) is 10.0 Å². The van der Waals surface area contributed by atoms with Crippen LogP contribution in [0.5, 0.6) is 0 Å². The molecular weight excluding hydrogens is 412 g/mol. The lowest BCUT2D eigenvalue weighted by atomic mass is 9.83. The van der Waals surface area contributed by atoms with Crippen LogP contribution in [0.3, 0.4) is 0 Å². The van der Waals surface area contributed by atoms with Crippen molar-refractivity contribution in [2.75, 3.05) is 0 Å². The second kappa shape index (κ2) is 8.90. The van der Waals surface area contributed by atoms with E-state index < -0.39 is 22.2 Å². The number of hydrogen-bond donors (Lipinski definition) is 2. The van der Waals surface area contributed by atoms with Crippen LogP contribution in [0.4, 0.5) is 0 Å². The summed E-state index contributed by atoms with van der Waals surface area (Å²) in [5, 5.41) is 15.3. The molecule has 1 fully saturated rings. The summed E-state index contributed by atoms with van der Waals surface area (Å²) >= 11 is 0. The smallest absolute Gasteiger partial charge is 0.240 e. The first-order chi connectivity index (χ1) is 14.8. The van der Waals surface area contributed by atoms with Crippen molar-refractivity contribution in [1.82, 2.24) is 19.5 Å². The molecule has 0 unspecified atom stereocenters. The molecule has 0 radical (unpaired) electrons. The van der Waals surface area contributed by atoms with Crippen molar-refractivity contribution in [2.45, 2.75) is 62.1 Å². The average Bonchev–Trinajstić information content (AvgIpc) is 3.22. The number of aliphatic hydroxyl groups excluding tert-OH is 1. The molecule has 3 aromatic rings. The number of sulfonamides is 1. The monoisotopic (exact) mass is 440 g/mol. The number of rotatable bonds is 6. The maximum atomic E-state index is 12.8. The molecule has 7 nitrogen and oxygen atoms in total. The van der Waals surface area contributed by atoms with E-state index in [4.69, 9.17) is 10.1 Å². The van der Waals surface area contributed by atoms with E-state index >= 15 is 0 Å². The van der Waals surface area contributed by atoms with Crippen molar-refractivity contribution in [2.24, 2.45) is 0 Å². The Bertz CT molecular complexity index is 1110. The number of aliphatic hydroxyl groups is 1. The van der Waals surface area contributed by atoms with Gasteiger partial charge in [0, 0.05) is 23.6 Å². The Balaban J connectivity index is 1.60. The minimum atomic E-state index is -3.72. The predicted octanol–water partition coefficient (Wildman–Crippen LogP) is 3.50.